The first-order valence-electron chi connectivity index (χ1n) is 28.1. The monoisotopic (exact) mass is 1150 g/mol. The minimum atomic E-state index is -2.15. The Bertz CT molecular complexity index is 2250. The molecule has 26 heteroatoms. The Hall–Kier alpha value is -2.20. The van der Waals surface area contributed by atoms with Crippen LogP contribution < -0.4 is 0 Å². The summed E-state index contributed by atoms with van der Waals surface area (Å²) < 4.78 is 46.3. The Morgan fingerprint density at radius 3 is 1.62 bits per heavy atom. The molecule has 8 fully saturated rings. The van der Waals surface area contributed by atoms with Crippen molar-refractivity contribution in [2.24, 2.45) is 50.2 Å². The number of carboxylic acids is 1. The number of ether oxygens (including phenoxy) is 8. The van der Waals surface area contributed by atoms with Gasteiger partial charge in [0.25, 0.3) is 0 Å². The van der Waals surface area contributed by atoms with Crippen molar-refractivity contribution in [2.45, 2.75) is 234 Å². The smallest absolute Gasteiger partial charge is 0.317 e. The Labute approximate surface area is 462 Å². The van der Waals surface area contributed by atoms with E-state index in [9.17, 15) is 86.5 Å². The Morgan fingerprint density at radius 2 is 1.06 bits per heavy atom. The summed E-state index contributed by atoms with van der Waals surface area (Å²) in [5.41, 5.74) is -4.15. The van der Waals surface area contributed by atoms with Crippen LogP contribution in [0.15, 0.2) is 11.6 Å². The topological polar surface area (TPSA) is 432 Å². The molecule has 0 aromatic rings. The minimum absolute atomic E-state index is 0.0573. The van der Waals surface area contributed by atoms with E-state index in [-0.39, 0.29) is 30.1 Å². The molecule has 0 aromatic carbocycles. The molecule has 0 amide bonds. The number of allylic oxidation sites excluding steroid dienone is 2. The third-order valence-electron chi connectivity index (χ3n) is 21.5. The van der Waals surface area contributed by atoms with Gasteiger partial charge in [-0.3, -0.25) is 9.59 Å². The van der Waals surface area contributed by atoms with Crippen LogP contribution in [-0.2, 0) is 47.5 Å². The van der Waals surface area contributed by atoms with Gasteiger partial charge < -0.3 is 120 Å². The van der Waals surface area contributed by atoms with Crippen molar-refractivity contribution in [1.82, 2.24) is 0 Å². The molecule has 80 heavy (non-hydrogen) atoms. The maximum Gasteiger partial charge on any atom is 0.317 e. The Morgan fingerprint density at radius 1 is 0.550 bits per heavy atom. The third-order valence-corrected chi connectivity index (χ3v) is 21.5. The molecule has 4 saturated carbocycles. The molecular weight excluding hydrogens is 1060 g/mol. The Kier molecular flexibility index (Phi) is 17.6. The summed E-state index contributed by atoms with van der Waals surface area (Å²) in [6, 6.07) is 0. The standard InChI is InChI=1S/C54H86O26/c1-49(2)13-14-54(22(15-49)21-7-8-27-50(3)11-10-29(57)53(6,47(70)71)28(50)9-12-51(27,4)52(21,5)16-30(54)58)48(72)80-46-41(69)42(79-45-40(68)36(64)32(60)24(18-56)76-45)34(62)26(78-46)20-74-44-39(67)37(65)33(61)25(77-44)19-73-43-38(66)35(63)31(59)23(17-55)75-43/h7,22-46,55-69H,8-20H2,1-6H3,(H,70,71). The second-order valence-corrected chi connectivity index (χ2v) is 26.2. The van der Waals surface area contributed by atoms with Gasteiger partial charge in [0.1, 0.15) is 103 Å². The molecule has 0 bridgehead atoms. The number of esters is 1. The minimum Gasteiger partial charge on any atom is -0.481 e. The second kappa shape index (κ2) is 22.6. The van der Waals surface area contributed by atoms with Crippen LogP contribution in [0.3, 0.4) is 0 Å². The van der Waals surface area contributed by atoms with Crippen LogP contribution in [0, 0.1) is 50.2 Å². The first-order chi connectivity index (χ1) is 37.4. The van der Waals surface area contributed by atoms with Gasteiger partial charge in [-0.25, -0.2) is 0 Å². The molecule has 458 valence electrons. The fourth-order valence-electron chi connectivity index (χ4n) is 16.3. The van der Waals surface area contributed by atoms with E-state index in [0.717, 1.165) is 5.57 Å². The molecule has 9 rings (SSSR count). The van der Waals surface area contributed by atoms with Gasteiger partial charge in [0, 0.05) is 0 Å². The number of carbonyl (C=O) groups excluding carboxylic acids is 1. The lowest BCUT2D eigenvalue weighted by molar-refractivity contribution is -0.364. The van der Waals surface area contributed by atoms with Crippen molar-refractivity contribution >= 4 is 11.9 Å². The highest BCUT2D eigenvalue weighted by Gasteiger charge is 2.73. The van der Waals surface area contributed by atoms with Gasteiger partial charge in [-0.05, 0) is 104 Å². The zero-order valence-electron chi connectivity index (χ0n) is 45.9. The highest BCUT2D eigenvalue weighted by Crippen LogP contribution is 2.76. The molecule has 4 saturated heterocycles. The van der Waals surface area contributed by atoms with Crippen LogP contribution in [0.2, 0.25) is 0 Å². The number of fused-ring (bicyclic) bond motifs is 7. The van der Waals surface area contributed by atoms with Crippen LogP contribution >= 0.6 is 0 Å². The zero-order chi connectivity index (χ0) is 58.7. The number of carboxylic acid groups (broad SMARTS) is 1. The molecule has 4 heterocycles. The lowest BCUT2D eigenvalue weighted by atomic mass is 9.33. The van der Waals surface area contributed by atoms with E-state index in [1.807, 2.05) is 0 Å². The molecule has 5 aliphatic carbocycles. The van der Waals surface area contributed by atoms with Crippen LogP contribution in [0.5, 0.6) is 0 Å². The van der Waals surface area contributed by atoms with Crippen molar-refractivity contribution in [3.05, 3.63) is 11.6 Å². The number of hydrogen-bond acceptors (Lipinski definition) is 25. The van der Waals surface area contributed by atoms with Gasteiger partial charge in [-0.1, -0.05) is 46.3 Å². The van der Waals surface area contributed by atoms with E-state index >= 15 is 4.79 Å². The van der Waals surface area contributed by atoms with Crippen LogP contribution in [0.1, 0.15) is 99.3 Å². The number of aliphatic carboxylic acids is 1. The molecule has 0 aromatic heterocycles. The van der Waals surface area contributed by atoms with E-state index < -0.39 is 206 Å². The number of aliphatic hydroxyl groups excluding tert-OH is 15. The maximum atomic E-state index is 15.5. The molecule has 4 aliphatic heterocycles. The summed E-state index contributed by atoms with van der Waals surface area (Å²) in [6.07, 6.45) is -33.6. The van der Waals surface area contributed by atoms with Gasteiger partial charge in [0.15, 0.2) is 18.9 Å². The first kappa shape index (κ1) is 62.3. The van der Waals surface area contributed by atoms with Gasteiger partial charge in [-0.15, -0.1) is 0 Å². The van der Waals surface area contributed by atoms with Crippen molar-refractivity contribution in [1.29, 1.82) is 0 Å². The fraction of sp³-hybridized carbons (Fsp3) is 0.926. The van der Waals surface area contributed by atoms with E-state index in [4.69, 9.17) is 37.9 Å². The van der Waals surface area contributed by atoms with E-state index in [1.54, 1.807) is 6.92 Å². The number of hydrogen-bond donors (Lipinski definition) is 16. The van der Waals surface area contributed by atoms with Crippen molar-refractivity contribution in [3.8, 4) is 0 Å². The molecule has 0 radical (unpaired) electrons. The van der Waals surface area contributed by atoms with Crippen molar-refractivity contribution in [2.75, 3.05) is 26.4 Å². The quantitative estimate of drug-likeness (QED) is 0.0617. The van der Waals surface area contributed by atoms with Crippen molar-refractivity contribution in [3.63, 3.8) is 0 Å². The van der Waals surface area contributed by atoms with Gasteiger partial charge in [0.2, 0.25) is 6.29 Å². The number of aliphatic hydroxyl groups is 15. The average Bonchev–Trinajstić information content (AvgIpc) is 3.49. The van der Waals surface area contributed by atoms with E-state index in [2.05, 4.69) is 40.7 Å². The summed E-state index contributed by atoms with van der Waals surface area (Å²) in [6.45, 7) is 9.05. The molecule has 26 nitrogen and oxygen atoms in total. The van der Waals surface area contributed by atoms with Gasteiger partial charge in [0.05, 0.1) is 44.1 Å². The molecule has 0 spiro atoms. The third kappa shape index (κ3) is 9.92. The first-order valence-corrected chi connectivity index (χ1v) is 28.1. The van der Waals surface area contributed by atoms with Crippen LogP contribution in [0.4, 0.5) is 0 Å². The maximum absolute atomic E-state index is 15.5. The van der Waals surface area contributed by atoms with Crippen molar-refractivity contribution < 1.29 is 129 Å². The zero-order valence-corrected chi connectivity index (χ0v) is 45.9. The van der Waals surface area contributed by atoms with Crippen LogP contribution in [0.25, 0.3) is 0 Å². The predicted molar refractivity (Wildman–Crippen MR) is 266 cm³/mol. The lowest BCUT2D eigenvalue weighted by Crippen LogP contribution is -2.69. The summed E-state index contributed by atoms with van der Waals surface area (Å²) in [7, 11) is 0. The molecule has 16 N–H and O–H groups in total. The largest absolute Gasteiger partial charge is 0.481 e. The molecule has 30 atom stereocenters. The van der Waals surface area contributed by atoms with Crippen LogP contribution in [-0.4, -0.2) is 255 Å². The molecular formula is C54H86O26. The lowest BCUT2D eigenvalue weighted by Gasteiger charge is -2.71. The van der Waals surface area contributed by atoms with E-state index in [0.29, 0.717) is 44.9 Å². The summed E-state index contributed by atoms with van der Waals surface area (Å²) in [5.74, 6) is -3.03. The fourth-order valence-corrected chi connectivity index (χ4v) is 16.3. The number of rotatable bonds is 13. The predicted octanol–water partition coefficient (Wildman–Crippen LogP) is -4.00. The average molecular weight is 1150 g/mol. The normalized spacial score (nSPS) is 54.0. The SMILES string of the molecule is CC1(C)CCC2(C(=O)OC3OC(COC4OC(COC5OC(CO)C(O)C(O)C5O)C(O)C(O)C4O)C(O)C(OC4OC(CO)C(O)C(O)C4O)C3O)C(O)CC3(C)C(=CCC4C5(C)CCC(O)C(C)(C(=O)O)C5CCC43C)C2C1. The highest BCUT2D eigenvalue weighted by atomic mass is 16.8. The number of carbonyl (C=O) groups is 2. The van der Waals surface area contributed by atoms with Gasteiger partial charge in [-0.2, -0.15) is 0 Å². The highest BCUT2D eigenvalue weighted by molar-refractivity contribution is 5.80. The van der Waals surface area contributed by atoms with Gasteiger partial charge >= 0.3 is 11.9 Å². The molecule has 30 unspecified atom stereocenters. The Balaban J connectivity index is 0.990. The molecule has 9 aliphatic rings. The summed E-state index contributed by atoms with van der Waals surface area (Å²) >= 11 is 0. The second-order valence-electron chi connectivity index (χ2n) is 26.2. The summed E-state index contributed by atoms with van der Waals surface area (Å²) in [5, 5.41) is 174. The summed E-state index contributed by atoms with van der Waals surface area (Å²) in [4.78, 5) is 28.5. The van der Waals surface area contributed by atoms with E-state index in [1.165, 1.54) is 0 Å².